The Bertz CT molecular complexity index is 1000. The fourth-order valence-electron chi connectivity index (χ4n) is 2.92. The molecule has 0 aromatic heterocycles. The van der Waals surface area contributed by atoms with Gasteiger partial charge in [-0.25, -0.2) is 5.01 Å². The molecule has 0 bridgehead atoms. The number of benzene rings is 2. The highest BCUT2D eigenvalue weighted by Gasteiger charge is 2.34. The number of para-hydroxylation sites is 1. The number of amides is 1. The zero-order valence-electron chi connectivity index (χ0n) is 13.4. The van der Waals surface area contributed by atoms with Crippen molar-refractivity contribution in [1.82, 2.24) is 10.3 Å². The van der Waals surface area contributed by atoms with Gasteiger partial charge >= 0.3 is 0 Å². The maximum absolute atomic E-state index is 12.8. The topological polar surface area (TPSA) is 57.1 Å². The van der Waals surface area contributed by atoms with Gasteiger partial charge in [0.1, 0.15) is 5.70 Å². The van der Waals surface area contributed by atoms with Gasteiger partial charge in [-0.2, -0.15) is 0 Å². The number of halogens is 1. The predicted molar refractivity (Wildman–Crippen MR) is 100 cm³/mol. The van der Waals surface area contributed by atoms with Crippen LogP contribution in [0.1, 0.15) is 18.7 Å². The van der Waals surface area contributed by atoms with Crippen molar-refractivity contribution in [2.24, 2.45) is 10.1 Å². The Morgan fingerprint density at radius 1 is 1.20 bits per heavy atom. The van der Waals surface area contributed by atoms with Crippen LogP contribution in [0.2, 0.25) is 5.02 Å². The van der Waals surface area contributed by atoms with E-state index in [2.05, 4.69) is 10.4 Å². The van der Waals surface area contributed by atoms with Gasteiger partial charge < -0.3 is 0 Å². The molecule has 1 amide bonds. The minimum Gasteiger partial charge on any atom is -0.298 e. The van der Waals surface area contributed by atoms with Crippen molar-refractivity contribution in [1.29, 1.82) is 0 Å². The van der Waals surface area contributed by atoms with Crippen LogP contribution in [0.5, 0.6) is 0 Å². The maximum atomic E-state index is 12.8. The molecule has 0 saturated carbocycles. The van der Waals surface area contributed by atoms with E-state index in [-0.39, 0.29) is 5.91 Å². The Morgan fingerprint density at radius 3 is 2.76 bits per heavy atom. The Labute approximate surface area is 154 Å². The third-order valence-electron chi connectivity index (χ3n) is 3.98. The third kappa shape index (κ3) is 2.81. The largest absolute Gasteiger partial charge is 0.298 e. The number of hydrogen-bond donors (Lipinski definition) is 1. The van der Waals surface area contributed by atoms with E-state index in [1.807, 2.05) is 55.5 Å². The van der Waals surface area contributed by atoms with E-state index in [1.54, 1.807) is 5.01 Å². The van der Waals surface area contributed by atoms with E-state index in [1.165, 1.54) is 11.8 Å². The van der Waals surface area contributed by atoms with Crippen LogP contribution in [0.3, 0.4) is 0 Å². The second-order valence-electron chi connectivity index (χ2n) is 5.53. The van der Waals surface area contributed by atoms with E-state index >= 15 is 0 Å². The second-order valence-corrected chi connectivity index (χ2v) is 7.19. The van der Waals surface area contributed by atoms with Gasteiger partial charge in [0.2, 0.25) is 0 Å². The summed E-state index contributed by atoms with van der Waals surface area (Å²) >= 11 is 7.88. The highest BCUT2D eigenvalue weighted by Crippen LogP contribution is 2.34. The normalized spacial score (nSPS) is 18.7. The molecule has 4 rings (SSSR count). The van der Waals surface area contributed by atoms with Crippen LogP contribution in [-0.2, 0) is 4.79 Å². The summed E-state index contributed by atoms with van der Waals surface area (Å²) in [5.74, 6) is 0.637. The molecule has 1 N–H and O–H groups in total. The zero-order valence-corrected chi connectivity index (χ0v) is 15.0. The number of carbonyl (C=O) groups is 1. The van der Waals surface area contributed by atoms with Crippen LogP contribution in [0, 0.1) is 0 Å². The molecular weight excluding hydrogens is 356 g/mol. The van der Waals surface area contributed by atoms with E-state index < -0.39 is 6.17 Å². The van der Waals surface area contributed by atoms with Crippen LogP contribution < -0.4 is 15.9 Å². The lowest BCUT2D eigenvalue weighted by atomic mass is 10.1. The number of hydrogen-bond acceptors (Lipinski definition) is 5. The Kier molecular flexibility index (Phi) is 4.23. The van der Waals surface area contributed by atoms with Gasteiger partial charge in [0.05, 0.1) is 5.36 Å². The number of carbonyl (C=O) groups excluding carboxylic acids is 1. The minimum absolute atomic E-state index is 0.176. The van der Waals surface area contributed by atoms with Gasteiger partial charge in [0.15, 0.2) is 11.3 Å². The summed E-state index contributed by atoms with van der Waals surface area (Å²) in [7, 11) is 0. The molecule has 0 aliphatic carbocycles. The van der Waals surface area contributed by atoms with Crippen molar-refractivity contribution in [2.75, 3.05) is 5.75 Å². The standard InChI is InChI=1S/C18H15ClN4OS/c1-2-25-18-21-17(24)15-12-8-4-6-10-14(12)20-16(23(15)22-18)11-7-3-5-9-13(11)19/h3-10,16H,2H2,1H3,(H,21,22,24)/t16-/m0/s1. The molecule has 25 heavy (non-hydrogen) atoms. The average molecular weight is 371 g/mol. The van der Waals surface area contributed by atoms with E-state index in [4.69, 9.17) is 16.6 Å². The second kappa shape index (κ2) is 6.54. The molecule has 7 heteroatoms. The lowest BCUT2D eigenvalue weighted by Crippen LogP contribution is -2.50. The molecule has 0 saturated heterocycles. The maximum Gasteiger partial charge on any atom is 0.276 e. The molecule has 0 fully saturated rings. The molecule has 2 aromatic carbocycles. The number of nitrogens with zero attached hydrogens (tertiary/aromatic N) is 3. The number of nitrogens with one attached hydrogen (secondary N) is 1. The molecule has 126 valence electrons. The molecular formula is C18H15ClN4OS. The quantitative estimate of drug-likeness (QED) is 0.882. The molecule has 5 nitrogen and oxygen atoms in total. The number of thioether (sulfide) groups is 1. The summed E-state index contributed by atoms with van der Waals surface area (Å²) in [6, 6.07) is 15.1. The molecule has 0 radical (unpaired) electrons. The Hall–Kier alpha value is -2.31. The van der Waals surface area contributed by atoms with Crippen LogP contribution in [0.25, 0.3) is 5.70 Å². The highest BCUT2D eigenvalue weighted by molar-refractivity contribution is 8.13. The van der Waals surface area contributed by atoms with Crippen LogP contribution in [-0.4, -0.2) is 21.8 Å². The summed E-state index contributed by atoms with van der Waals surface area (Å²) < 4.78 is 0. The van der Waals surface area contributed by atoms with Crippen molar-refractivity contribution in [3.63, 3.8) is 0 Å². The first-order chi connectivity index (χ1) is 12.2. The SMILES string of the molecule is CCSC1=NN2C(=c3ccccc3=N[C@@H]2c2ccccc2Cl)C(=O)N1. The lowest BCUT2D eigenvalue weighted by Gasteiger charge is -2.34. The summed E-state index contributed by atoms with van der Waals surface area (Å²) in [5.41, 5.74) is 1.31. The Balaban J connectivity index is 1.98. The smallest absolute Gasteiger partial charge is 0.276 e. The fraction of sp³-hybridized carbons (Fsp3) is 0.167. The number of fused-ring (bicyclic) bond motifs is 2. The van der Waals surface area contributed by atoms with Gasteiger partial charge in [0, 0.05) is 15.8 Å². The minimum atomic E-state index is -0.475. The summed E-state index contributed by atoms with van der Waals surface area (Å²) in [5, 5.41) is 11.9. The van der Waals surface area contributed by atoms with Crippen molar-refractivity contribution in [2.45, 2.75) is 13.1 Å². The summed E-state index contributed by atoms with van der Waals surface area (Å²) in [6.07, 6.45) is -0.475. The van der Waals surface area contributed by atoms with Gasteiger partial charge in [-0.1, -0.05) is 66.7 Å². The van der Waals surface area contributed by atoms with Crippen LogP contribution in [0.4, 0.5) is 0 Å². The predicted octanol–water partition coefficient (Wildman–Crippen LogP) is 2.24. The number of amidine groups is 1. The van der Waals surface area contributed by atoms with Crippen molar-refractivity contribution >= 4 is 40.1 Å². The number of rotatable bonds is 2. The van der Waals surface area contributed by atoms with Crippen LogP contribution >= 0.6 is 23.4 Å². The Morgan fingerprint density at radius 2 is 1.96 bits per heavy atom. The first kappa shape index (κ1) is 16.2. The molecule has 2 aliphatic rings. The molecule has 0 unspecified atom stereocenters. The molecule has 1 atom stereocenters. The monoisotopic (exact) mass is 370 g/mol. The van der Waals surface area contributed by atoms with E-state index in [9.17, 15) is 4.79 Å². The molecule has 2 aliphatic heterocycles. The van der Waals surface area contributed by atoms with Crippen molar-refractivity contribution in [3.05, 3.63) is 69.7 Å². The van der Waals surface area contributed by atoms with Gasteiger partial charge in [0.25, 0.3) is 5.91 Å². The summed E-state index contributed by atoms with van der Waals surface area (Å²) in [6.45, 7) is 2.01. The molecule has 0 spiro atoms. The van der Waals surface area contributed by atoms with Crippen LogP contribution in [0.15, 0.2) is 58.6 Å². The summed E-state index contributed by atoms with van der Waals surface area (Å²) in [4.78, 5) is 17.6. The van der Waals surface area contributed by atoms with Gasteiger partial charge in [-0.05, 0) is 17.9 Å². The van der Waals surface area contributed by atoms with E-state index in [0.717, 1.165) is 21.9 Å². The highest BCUT2D eigenvalue weighted by atomic mass is 35.5. The first-order valence-corrected chi connectivity index (χ1v) is 9.29. The fourth-order valence-corrected chi connectivity index (χ4v) is 3.73. The van der Waals surface area contributed by atoms with Gasteiger partial charge in [-0.3, -0.25) is 15.1 Å². The first-order valence-electron chi connectivity index (χ1n) is 7.92. The van der Waals surface area contributed by atoms with Gasteiger partial charge in [-0.15, -0.1) is 5.10 Å². The number of hydrazone groups is 1. The molecule has 2 heterocycles. The third-order valence-corrected chi connectivity index (χ3v) is 5.07. The zero-order chi connectivity index (χ0) is 17.4. The molecule has 2 aromatic rings. The average Bonchev–Trinajstić information content (AvgIpc) is 2.61. The van der Waals surface area contributed by atoms with Crippen molar-refractivity contribution < 1.29 is 4.79 Å². The lowest BCUT2D eigenvalue weighted by molar-refractivity contribution is -0.116. The van der Waals surface area contributed by atoms with Crippen molar-refractivity contribution in [3.8, 4) is 0 Å². The van der Waals surface area contributed by atoms with E-state index in [0.29, 0.717) is 15.9 Å².